The summed E-state index contributed by atoms with van der Waals surface area (Å²) in [6.45, 7) is 6.96. The highest BCUT2D eigenvalue weighted by atomic mass is 16.6. The summed E-state index contributed by atoms with van der Waals surface area (Å²) in [6, 6.07) is 5.63. The summed E-state index contributed by atoms with van der Waals surface area (Å²) in [5, 5.41) is 12.0. The van der Waals surface area contributed by atoms with Gasteiger partial charge >= 0.3 is 6.09 Å². The van der Waals surface area contributed by atoms with E-state index >= 15 is 0 Å². The number of anilines is 1. The Kier molecular flexibility index (Phi) is 4.86. The second-order valence-corrected chi connectivity index (χ2v) is 6.39. The van der Waals surface area contributed by atoms with Crippen LogP contribution in [0.25, 0.3) is 0 Å². The molecule has 0 aromatic carbocycles. The minimum Gasteiger partial charge on any atom is -0.444 e. The molecule has 1 aliphatic heterocycles. The molecule has 0 saturated carbocycles. The van der Waals surface area contributed by atoms with Crippen LogP contribution in [0.4, 0.5) is 10.6 Å². The molecule has 0 aliphatic carbocycles. The van der Waals surface area contributed by atoms with Crippen LogP contribution in [0.1, 0.15) is 39.2 Å². The maximum Gasteiger partial charge on any atom is 0.410 e. The molecule has 6 heteroatoms. The third kappa shape index (κ3) is 4.35. The van der Waals surface area contributed by atoms with Gasteiger partial charge in [-0.25, -0.2) is 9.78 Å². The van der Waals surface area contributed by atoms with E-state index in [1.807, 2.05) is 26.8 Å². The van der Waals surface area contributed by atoms with Crippen LogP contribution in [0, 0.1) is 11.3 Å². The third-order valence-corrected chi connectivity index (χ3v) is 3.42. The maximum atomic E-state index is 12.2. The van der Waals surface area contributed by atoms with E-state index in [1.165, 1.54) is 6.20 Å². The Bertz CT molecular complexity index is 557. The monoisotopic (exact) mass is 302 g/mol. The van der Waals surface area contributed by atoms with Crippen LogP contribution in [0.15, 0.2) is 18.3 Å². The van der Waals surface area contributed by atoms with E-state index < -0.39 is 5.60 Å². The standard InChI is InChI=1S/C16H22N4O2/c1-16(2,3)22-15(21)20-8-4-5-13(20)11-19-14-7-6-12(9-17)10-18-14/h6-7,10,13H,4-5,8,11H2,1-3H3,(H,18,19). The van der Waals surface area contributed by atoms with E-state index in [2.05, 4.69) is 10.3 Å². The first kappa shape index (κ1) is 16.1. The molecule has 2 heterocycles. The summed E-state index contributed by atoms with van der Waals surface area (Å²) in [5.74, 6) is 0.704. The molecule has 1 amide bonds. The Balaban J connectivity index is 1.91. The largest absolute Gasteiger partial charge is 0.444 e. The van der Waals surface area contributed by atoms with Crippen molar-refractivity contribution >= 4 is 11.9 Å². The summed E-state index contributed by atoms with van der Waals surface area (Å²) in [7, 11) is 0. The first-order chi connectivity index (χ1) is 10.4. The lowest BCUT2D eigenvalue weighted by molar-refractivity contribution is 0.0235. The first-order valence-electron chi connectivity index (χ1n) is 7.49. The Morgan fingerprint density at radius 1 is 1.55 bits per heavy atom. The van der Waals surface area contributed by atoms with Crippen molar-refractivity contribution in [3.05, 3.63) is 23.9 Å². The zero-order chi connectivity index (χ0) is 16.2. The molecule has 1 aliphatic rings. The summed E-state index contributed by atoms with van der Waals surface area (Å²) >= 11 is 0. The van der Waals surface area contributed by atoms with Crippen molar-refractivity contribution in [3.63, 3.8) is 0 Å². The number of carbonyl (C=O) groups is 1. The molecule has 1 aromatic heterocycles. The topological polar surface area (TPSA) is 78.2 Å². The fourth-order valence-electron chi connectivity index (χ4n) is 2.40. The maximum absolute atomic E-state index is 12.2. The molecule has 0 bridgehead atoms. The number of hydrogen-bond donors (Lipinski definition) is 1. The van der Waals surface area contributed by atoms with E-state index in [4.69, 9.17) is 10.00 Å². The molecular weight excluding hydrogens is 280 g/mol. The van der Waals surface area contributed by atoms with E-state index in [9.17, 15) is 4.79 Å². The van der Waals surface area contributed by atoms with Crippen LogP contribution in [-0.4, -0.2) is 40.7 Å². The van der Waals surface area contributed by atoms with E-state index in [1.54, 1.807) is 17.0 Å². The van der Waals surface area contributed by atoms with Crippen LogP contribution in [0.3, 0.4) is 0 Å². The predicted molar refractivity (Wildman–Crippen MR) is 83.4 cm³/mol. The molecule has 0 radical (unpaired) electrons. The number of nitrogens with one attached hydrogen (secondary N) is 1. The molecule has 1 atom stereocenters. The van der Waals surface area contributed by atoms with Crippen LogP contribution >= 0.6 is 0 Å². The van der Waals surface area contributed by atoms with Gasteiger partial charge in [0.15, 0.2) is 0 Å². The number of pyridine rings is 1. The predicted octanol–water partition coefficient (Wildman–Crippen LogP) is 2.76. The van der Waals surface area contributed by atoms with Gasteiger partial charge in [-0.3, -0.25) is 0 Å². The van der Waals surface area contributed by atoms with Crippen molar-refractivity contribution < 1.29 is 9.53 Å². The minimum atomic E-state index is -0.480. The molecule has 6 nitrogen and oxygen atoms in total. The summed E-state index contributed by atoms with van der Waals surface area (Å²) in [5.41, 5.74) is 0.0496. The van der Waals surface area contributed by atoms with Crippen molar-refractivity contribution in [3.8, 4) is 6.07 Å². The number of aromatic nitrogens is 1. The molecule has 1 saturated heterocycles. The summed E-state index contributed by atoms with van der Waals surface area (Å²) in [6.07, 6.45) is 3.20. The average Bonchev–Trinajstić information content (AvgIpc) is 2.92. The van der Waals surface area contributed by atoms with Crippen LogP contribution in [0.2, 0.25) is 0 Å². The van der Waals surface area contributed by atoms with E-state index in [-0.39, 0.29) is 12.1 Å². The molecule has 2 rings (SSSR count). The second kappa shape index (κ2) is 6.65. The highest BCUT2D eigenvalue weighted by molar-refractivity contribution is 5.69. The smallest absolute Gasteiger partial charge is 0.410 e. The Hall–Kier alpha value is -2.29. The normalized spacial score (nSPS) is 17.9. The zero-order valence-electron chi connectivity index (χ0n) is 13.3. The van der Waals surface area contributed by atoms with Gasteiger partial charge in [-0.2, -0.15) is 5.26 Å². The molecule has 1 unspecified atom stereocenters. The number of likely N-dealkylation sites (tertiary alicyclic amines) is 1. The quantitative estimate of drug-likeness (QED) is 0.929. The van der Waals surface area contributed by atoms with Crippen molar-refractivity contribution in [1.82, 2.24) is 9.88 Å². The highest BCUT2D eigenvalue weighted by Crippen LogP contribution is 2.21. The van der Waals surface area contributed by atoms with Crippen molar-refractivity contribution in [2.45, 2.75) is 45.3 Å². The van der Waals surface area contributed by atoms with Gasteiger partial charge in [-0.1, -0.05) is 0 Å². The number of nitrogens with zero attached hydrogens (tertiary/aromatic N) is 3. The number of nitriles is 1. The summed E-state index contributed by atoms with van der Waals surface area (Å²) in [4.78, 5) is 18.1. The fourth-order valence-corrected chi connectivity index (χ4v) is 2.40. The zero-order valence-corrected chi connectivity index (χ0v) is 13.3. The van der Waals surface area contributed by atoms with Gasteiger partial charge < -0.3 is 15.0 Å². The lowest BCUT2D eigenvalue weighted by Crippen LogP contribution is -2.42. The number of amides is 1. The number of rotatable bonds is 3. The van der Waals surface area contributed by atoms with E-state index in [0.29, 0.717) is 17.9 Å². The van der Waals surface area contributed by atoms with Crippen molar-refractivity contribution in [1.29, 1.82) is 5.26 Å². The first-order valence-corrected chi connectivity index (χ1v) is 7.49. The van der Waals surface area contributed by atoms with Crippen molar-refractivity contribution in [2.75, 3.05) is 18.4 Å². The minimum absolute atomic E-state index is 0.104. The Morgan fingerprint density at radius 3 is 2.91 bits per heavy atom. The van der Waals surface area contributed by atoms with Gasteiger partial charge in [0.2, 0.25) is 0 Å². The van der Waals surface area contributed by atoms with Crippen LogP contribution < -0.4 is 5.32 Å². The average molecular weight is 302 g/mol. The second-order valence-electron chi connectivity index (χ2n) is 6.39. The van der Waals surface area contributed by atoms with Gasteiger partial charge in [0.05, 0.1) is 11.6 Å². The SMILES string of the molecule is CC(C)(C)OC(=O)N1CCCC1CNc1ccc(C#N)cn1. The third-order valence-electron chi connectivity index (χ3n) is 3.42. The highest BCUT2D eigenvalue weighted by Gasteiger charge is 2.31. The van der Waals surface area contributed by atoms with Gasteiger partial charge in [0.25, 0.3) is 0 Å². The summed E-state index contributed by atoms with van der Waals surface area (Å²) < 4.78 is 5.44. The van der Waals surface area contributed by atoms with Gasteiger partial charge in [-0.05, 0) is 45.7 Å². The Labute approximate surface area is 131 Å². The van der Waals surface area contributed by atoms with Crippen molar-refractivity contribution in [2.24, 2.45) is 0 Å². The van der Waals surface area contributed by atoms with Gasteiger partial charge in [0.1, 0.15) is 17.5 Å². The molecule has 0 spiro atoms. The molecule has 1 fully saturated rings. The van der Waals surface area contributed by atoms with Crippen LogP contribution in [0.5, 0.6) is 0 Å². The Morgan fingerprint density at radius 2 is 2.32 bits per heavy atom. The number of ether oxygens (including phenoxy) is 1. The lowest BCUT2D eigenvalue weighted by Gasteiger charge is -2.28. The van der Waals surface area contributed by atoms with Gasteiger partial charge in [0, 0.05) is 19.3 Å². The number of carbonyl (C=O) groups excluding carboxylic acids is 1. The molecular formula is C16H22N4O2. The lowest BCUT2D eigenvalue weighted by atomic mass is 10.2. The molecule has 118 valence electrons. The fraction of sp³-hybridized carbons (Fsp3) is 0.562. The molecule has 22 heavy (non-hydrogen) atoms. The molecule has 1 N–H and O–H groups in total. The number of hydrogen-bond acceptors (Lipinski definition) is 5. The van der Waals surface area contributed by atoms with Crippen LogP contribution in [-0.2, 0) is 4.74 Å². The molecule has 1 aromatic rings. The van der Waals surface area contributed by atoms with Gasteiger partial charge in [-0.15, -0.1) is 0 Å². The van der Waals surface area contributed by atoms with E-state index in [0.717, 1.165) is 19.4 Å².